The van der Waals surface area contributed by atoms with Crippen LogP contribution < -0.4 is 0 Å². The van der Waals surface area contributed by atoms with Crippen molar-refractivity contribution < 1.29 is 0 Å². The van der Waals surface area contributed by atoms with E-state index >= 15 is 0 Å². The molecule has 0 spiro atoms. The van der Waals surface area contributed by atoms with Crippen molar-refractivity contribution in [1.29, 1.82) is 0 Å². The fourth-order valence-corrected chi connectivity index (χ4v) is 2.35. The predicted octanol–water partition coefficient (Wildman–Crippen LogP) is 4.90. The molecule has 0 aromatic heterocycles. The molecule has 2 radical (unpaired) electrons. The van der Waals surface area contributed by atoms with Crippen molar-refractivity contribution >= 4 is 44.7 Å². The van der Waals surface area contributed by atoms with E-state index in [0.717, 1.165) is 21.5 Å². The van der Waals surface area contributed by atoms with Crippen LogP contribution >= 0.6 is 23.2 Å². The van der Waals surface area contributed by atoms with E-state index in [4.69, 9.17) is 23.2 Å². The Kier molecular flexibility index (Phi) is 2.27. The number of rotatable bonds is 0. The largest absolute Gasteiger partial charge is 0.0836 e. The number of benzene rings is 3. The molecule has 0 aliphatic heterocycles. The molecule has 0 aliphatic carbocycles. The van der Waals surface area contributed by atoms with Crippen LogP contribution in [0.25, 0.3) is 21.5 Å². The summed E-state index contributed by atoms with van der Waals surface area (Å²) in [7, 11) is 0. The summed E-state index contributed by atoms with van der Waals surface area (Å²) in [6.07, 6.45) is 0. The maximum absolute atomic E-state index is 6.20. The molecular formula is C14H6Cl2. The zero-order valence-corrected chi connectivity index (χ0v) is 9.73. The van der Waals surface area contributed by atoms with Gasteiger partial charge in [-0.05, 0) is 46.5 Å². The van der Waals surface area contributed by atoms with Gasteiger partial charge in [-0.1, -0.05) is 35.3 Å². The average Bonchev–Trinajstić information content (AvgIpc) is 2.28. The highest BCUT2D eigenvalue weighted by molar-refractivity contribution is 6.38. The monoisotopic (exact) mass is 244 g/mol. The summed E-state index contributed by atoms with van der Waals surface area (Å²) >= 11 is 12.2. The third-order valence-electron chi connectivity index (χ3n) is 2.64. The number of fused-ring (bicyclic) bond motifs is 3. The Balaban J connectivity index is 2.61. The smallest absolute Gasteiger partial charge is 0.0496 e. The van der Waals surface area contributed by atoms with Crippen LogP contribution in [-0.4, -0.2) is 0 Å². The molecule has 0 aliphatic rings. The van der Waals surface area contributed by atoms with Crippen molar-refractivity contribution in [3.05, 3.63) is 58.6 Å². The first kappa shape index (κ1) is 9.95. The molecule has 0 heterocycles. The van der Waals surface area contributed by atoms with Gasteiger partial charge in [-0.15, -0.1) is 0 Å². The first-order chi connectivity index (χ1) is 7.75. The van der Waals surface area contributed by atoms with Gasteiger partial charge in [0.1, 0.15) is 0 Å². The maximum Gasteiger partial charge on any atom is 0.0496 e. The Morgan fingerprint density at radius 3 is 2.62 bits per heavy atom. The van der Waals surface area contributed by atoms with E-state index in [0.29, 0.717) is 10.0 Å². The van der Waals surface area contributed by atoms with E-state index in [1.807, 2.05) is 30.3 Å². The molecule has 0 bridgehead atoms. The van der Waals surface area contributed by atoms with Crippen molar-refractivity contribution in [2.75, 3.05) is 0 Å². The molecule has 0 unspecified atom stereocenters. The van der Waals surface area contributed by atoms with E-state index < -0.39 is 0 Å². The van der Waals surface area contributed by atoms with Gasteiger partial charge < -0.3 is 0 Å². The van der Waals surface area contributed by atoms with Crippen LogP contribution in [0.2, 0.25) is 10.0 Å². The van der Waals surface area contributed by atoms with Crippen molar-refractivity contribution in [2.24, 2.45) is 0 Å². The Morgan fingerprint density at radius 2 is 1.75 bits per heavy atom. The van der Waals surface area contributed by atoms with Crippen LogP contribution in [0.15, 0.2) is 36.4 Å². The minimum atomic E-state index is 0.601. The van der Waals surface area contributed by atoms with Crippen molar-refractivity contribution in [3.63, 3.8) is 0 Å². The van der Waals surface area contributed by atoms with Gasteiger partial charge in [0.05, 0.1) is 0 Å². The summed E-state index contributed by atoms with van der Waals surface area (Å²) in [4.78, 5) is 0. The van der Waals surface area contributed by atoms with Crippen LogP contribution in [0.1, 0.15) is 0 Å². The lowest BCUT2D eigenvalue weighted by Crippen LogP contribution is -1.79. The normalized spacial score (nSPS) is 11.1. The lowest BCUT2D eigenvalue weighted by molar-refractivity contribution is 1.74. The minimum Gasteiger partial charge on any atom is -0.0836 e. The van der Waals surface area contributed by atoms with Gasteiger partial charge in [0.2, 0.25) is 0 Å². The molecule has 2 heteroatoms. The van der Waals surface area contributed by atoms with Crippen molar-refractivity contribution in [2.45, 2.75) is 0 Å². The highest BCUT2D eigenvalue weighted by Crippen LogP contribution is 2.32. The minimum absolute atomic E-state index is 0.601. The Labute approximate surface area is 103 Å². The predicted molar refractivity (Wildman–Crippen MR) is 69.1 cm³/mol. The third-order valence-corrected chi connectivity index (χ3v) is 3.15. The van der Waals surface area contributed by atoms with E-state index in [1.54, 1.807) is 6.07 Å². The Morgan fingerprint density at radius 1 is 0.938 bits per heavy atom. The van der Waals surface area contributed by atoms with E-state index in [2.05, 4.69) is 12.1 Å². The second kappa shape index (κ2) is 3.65. The molecule has 3 aromatic rings. The summed E-state index contributed by atoms with van der Waals surface area (Å²) in [5.74, 6) is 0. The van der Waals surface area contributed by atoms with Gasteiger partial charge in [-0.2, -0.15) is 0 Å². The zero-order valence-electron chi connectivity index (χ0n) is 8.22. The van der Waals surface area contributed by atoms with Gasteiger partial charge in [0, 0.05) is 21.5 Å². The van der Waals surface area contributed by atoms with Crippen LogP contribution in [0.4, 0.5) is 0 Å². The van der Waals surface area contributed by atoms with Crippen LogP contribution in [0.5, 0.6) is 0 Å². The summed E-state index contributed by atoms with van der Waals surface area (Å²) < 4.78 is 0. The first-order valence-electron chi connectivity index (χ1n) is 4.85. The molecule has 0 atom stereocenters. The van der Waals surface area contributed by atoms with Gasteiger partial charge in [0.25, 0.3) is 0 Å². The fourth-order valence-electron chi connectivity index (χ4n) is 1.91. The van der Waals surface area contributed by atoms with Gasteiger partial charge in [-0.25, -0.2) is 0 Å². The summed E-state index contributed by atoms with van der Waals surface area (Å²) in [5.41, 5.74) is 0. The zero-order chi connectivity index (χ0) is 11.1. The molecule has 16 heavy (non-hydrogen) atoms. The second-order valence-electron chi connectivity index (χ2n) is 3.62. The highest BCUT2D eigenvalue weighted by Gasteiger charge is 2.04. The molecule has 0 saturated heterocycles. The van der Waals surface area contributed by atoms with E-state index in [1.165, 1.54) is 0 Å². The quantitative estimate of drug-likeness (QED) is 0.494. The van der Waals surface area contributed by atoms with E-state index in [9.17, 15) is 0 Å². The molecule has 0 N–H and O–H groups in total. The lowest BCUT2D eigenvalue weighted by atomic mass is 10.0. The number of halogens is 2. The molecule has 0 fully saturated rings. The topological polar surface area (TPSA) is 0 Å². The summed E-state index contributed by atoms with van der Waals surface area (Å²) in [6.45, 7) is 0. The van der Waals surface area contributed by atoms with Gasteiger partial charge in [-0.3, -0.25) is 0 Å². The Hall–Kier alpha value is -1.24. The SMILES string of the molecule is Clc1[c]cc2ccc3c[c]cc(Cl)c3c2c1. The standard InChI is InChI=1S/C14H6Cl2/c15-11-7-6-9-4-5-10-2-1-3-13(16)14(10)12(9)8-11/h2-6,8H. The van der Waals surface area contributed by atoms with Crippen LogP contribution in [0, 0.1) is 12.1 Å². The molecule has 76 valence electrons. The molecule has 3 rings (SSSR count). The second-order valence-corrected chi connectivity index (χ2v) is 4.43. The van der Waals surface area contributed by atoms with Crippen LogP contribution in [0.3, 0.4) is 0 Å². The third kappa shape index (κ3) is 1.46. The molecular weight excluding hydrogens is 239 g/mol. The average molecular weight is 245 g/mol. The number of hydrogen-bond donors (Lipinski definition) is 0. The molecule has 3 aromatic carbocycles. The van der Waals surface area contributed by atoms with Gasteiger partial charge >= 0.3 is 0 Å². The van der Waals surface area contributed by atoms with Crippen molar-refractivity contribution in [3.8, 4) is 0 Å². The first-order valence-corrected chi connectivity index (χ1v) is 5.60. The van der Waals surface area contributed by atoms with Gasteiger partial charge in [0.15, 0.2) is 0 Å². The highest BCUT2D eigenvalue weighted by atomic mass is 35.5. The fraction of sp³-hybridized carbons (Fsp3) is 0. The lowest BCUT2D eigenvalue weighted by Gasteiger charge is -2.05. The molecule has 0 amide bonds. The number of hydrogen-bond acceptors (Lipinski definition) is 0. The maximum atomic E-state index is 6.20. The molecule has 0 saturated carbocycles. The summed E-state index contributed by atoms with van der Waals surface area (Å²) in [5, 5.41) is 5.54. The molecule has 0 nitrogen and oxygen atoms in total. The van der Waals surface area contributed by atoms with E-state index in [-0.39, 0.29) is 0 Å². The Bertz CT molecular complexity index is 687. The van der Waals surface area contributed by atoms with Crippen LogP contribution in [-0.2, 0) is 0 Å². The van der Waals surface area contributed by atoms with Crippen molar-refractivity contribution in [1.82, 2.24) is 0 Å². The summed E-state index contributed by atoms with van der Waals surface area (Å²) in [6, 6.07) is 17.5.